The van der Waals surface area contributed by atoms with Crippen molar-refractivity contribution in [1.82, 2.24) is 5.32 Å². The molecule has 9 heteroatoms. The van der Waals surface area contributed by atoms with E-state index < -0.39 is 12.6 Å². The summed E-state index contributed by atoms with van der Waals surface area (Å²) in [5, 5.41) is 12.2. The Morgan fingerprint density at radius 3 is 2.67 bits per heavy atom. The number of amidine groups is 1. The first-order chi connectivity index (χ1) is 14.4. The summed E-state index contributed by atoms with van der Waals surface area (Å²) in [6, 6.07) is 10.9. The van der Waals surface area contributed by atoms with Crippen molar-refractivity contribution in [1.29, 1.82) is 0 Å². The third kappa shape index (κ3) is 5.55. The highest BCUT2D eigenvalue weighted by atomic mass is 35.5. The first-order valence-electron chi connectivity index (χ1n) is 9.03. The number of nitrogens with one attached hydrogen (secondary N) is 1. The lowest BCUT2D eigenvalue weighted by molar-refractivity contribution is -0.139. The molecular formula is C21H19ClN2O5S. The Morgan fingerprint density at radius 2 is 2.00 bits per heavy atom. The molecule has 30 heavy (non-hydrogen) atoms. The van der Waals surface area contributed by atoms with E-state index in [1.54, 1.807) is 25.1 Å². The zero-order valence-corrected chi connectivity index (χ0v) is 17.8. The molecule has 0 aromatic heterocycles. The van der Waals surface area contributed by atoms with Gasteiger partial charge in [-0.1, -0.05) is 29.3 Å². The van der Waals surface area contributed by atoms with Crippen LogP contribution in [-0.2, 0) is 9.59 Å². The van der Waals surface area contributed by atoms with E-state index >= 15 is 0 Å². The number of halogens is 1. The Morgan fingerprint density at radius 1 is 1.27 bits per heavy atom. The fourth-order valence-electron chi connectivity index (χ4n) is 2.58. The molecule has 1 saturated heterocycles. The molecule has 1 heterocycles. The molecule has 0 spiro atoms. The van der Waals surface area contributed by atoms with Crippen LogP contribution in [0.1, 0.15) is 18.1 Å². The Kier molecular flexibility index (Phi) is 7.02. The normalized spacial score (nSPS) is 16.0. The van der Waals surface area contributed by atoms with Gasteiger partial charge in [0.2, 0.25) is 0 Å². The van der Waals surface area contributed by atoms with E-state index in [9.17, 15) is 9.59 Å². The van der Waals surface area contributed by atoms with Crippen LogP contribution in [0, 0.1) is 6.92 Å². The first-order valence-corrected chi connectivity index (χ1v) is 10.2. The number of nitrogens with zero attached hydrogens (tertiary/aromatic N) is 1. The molecule has 2 N–H and O–H groups in total. The Hall–Kier alpha value is -2.97. The van der Waals surface area contributed by atoms with E-state index in [0.29, 0.717) is 28.0 Å². The number of hydrogen-bond donors (Lipinski definition) is 2. The number of carbonyl (C=O) groups excluding carboxylic acids is 1. The zero-order chi connectivity index (χ0) is 21.7. The van der Waals surface area contributed by atoms with Crippen molar-refractivity contribution in [3.63, 3.8) is 0 Å². The molecule has 0 bridgehead atoms. The second kappa shape index (κ2) is 9.69. The largest absolute Gasteiger partial charge is 0.490 e. The third-order valence-electron chi connectivity index (χ3n) is 3.88. The predicted molar refractivity (Wildman–Crippen MR) is 118 cm³/mol. The number of hydrogen-bond acceptors (Lipinski definition) is 6. The van der Waals surface area contributed by atoms with Crippen LogP contribution in [0.15, 0.2) is 46.3 Å². The van der Waals surface area contributed by atoms with Crippen LogP contribution in [0.4, 0.5) is 5.69 Å². The van der Waals surface area contributed by atoms with Crippen LogP contribution in [0.5, 0.6) is 11.5 Å². The SMILES string of the molecule is CCOc1cc(/C=C2/SC(=Nc3ccc(C)cc3)NC2=O)cc(Cl)c1OCC(=O)O. The number of aliphatic carboxylic acids is 1. The Bertz CT molecular complexity index is 1030. The summed E-state index contributed by atoms with van der Waals surface area (Å²) in [5.41, 5.74) is 2.48. The van der Waals surface area contributed by atoms with Gasteiger partial charge in [0.15, 0.2) is 23.3 Å². The molecule has 7 nitrogen and oxygen atoms in total. The van der Waals surface area contributed by atoms with Crippen molar-refractivity contribution in [3.05, 3.63) is 57.5 Å². The summed E-state index contributed by atoms with van der Waals surface area (Å²) in [6.45, 7) is 3.57. The fraction of sp³-hybridized carbons (Fsp3) is 0.190. The van der Waals surface area contributed by atoms with Crippen molar-refractivity contribution >= 4 is 52.2 Å². The van der Waals surface area contributed by atoms with Gasteiger partial charge >= 0.3 is 5.97 Å². The maximum absolute atomic E-state index is 12.3. The van der Waals surface area contributed by atoms with Gasteiger partial charge in [-0.2, -0.15) is 0 Å². The number of ether oxygens (including phenoxy) is 2. The summed E-state index contributed by atoms with van der Waals surface area (Å²) < 4.78 is 10.8. The van der Waals surface area contributed by atoms with E-state index in [1.165, 1.54) is 11.8 Å². The number of carboxylic acids is 1. The van der Waals surface area contributed by atoms with Crippen LogP contribution < -0.4 is 14.8 Å². The number of carbonyl (C=O) groups is 2. The number of amides is 1. The number of thioether (sulfide) groups is 1. The van der Waals surface area contributed by atoms with Crippen LogP contribution >= 0.6 is 23.4 Å². The van der Waals surface area contributed by atoms with Crippen molar-refractivity contribution in [2.24, 2.45) is 4.99 Å². The Labute approximate surface area is 182 Å². The number of rotatable bonds is 7. The quantitative estimate of drug-likeness (QED) is 0.612. The second-order valence-electron chi connectivity index (χ2n) is 6.26. The molecule has 1 aliphatic heterocycles. The lowest BCUT2D eigenvalue weighted by atomic mass is 10.2. The summed E-state index contributed by atoms with van der Waals surface area (Å²) in [7, 11) is 0. The van der Waals surface area contributed by atoms with Gasteiger partial charge in [-0.25, -0.2) is 9.79 Å². The first kappa shape index (κ1) is 21.7. The van der Waals surface area contributed by atoms with E-state index in [2.05, 4.69) is 10.3 Å². The standard InChI is InChI=1S/C21H19ClN2O5S/c1-3-28-16-9-13(8-15(22)19(16)29-11-18(25)26)10-17-20(27)24-21(30-17)23-14-6-4-12(2)5-7-14/h4-10H,3,11H2,1-2H3,(H,25,26)(H,23,24,27)/b17-10+. The molecule has 0 atom stereocenters. The third-order valence-corrected chi connectivity index (χ3v) is 5.08. The fourth-order valence-corrected chi connectivity index (χ4v) is 3.69. The lowest BCUT2D eigenvalue weighted by Gasteiger charge is -2.13. The van der Waals surface area contributed by atoms with Gasteiger partial charge < -0.3 is 19.9 Å². The molecule has 0 radical (unpaired) electrons. The molecular weight excluding hydrogens is 428 g/mol. The van der Waals surface area contributed by atoms with Crippen LogP contribution in [-0.4, -0.2) is 35.4 Å². The summed E-state index contributed by atoms with van der Waals surface area (Å²) >= 11 is 7.48. The van der Waals surface area contributed by atoms with E-state index in [-0.39, 0.29) is 16.7 Å². The average molecular weight is 447 g/mol. The molecule has 1 aliphatic rings. The second-order valence-corrected chi connectivity index (χ2v) is 7.70. The monoisotopic (exact) mass is 446 g/mol. The summed E-state index contributed by atoms with van der Waals surface area (Å²) in [5.74, 6) is -0.950. The molecule has 3 rings (SSSR count). The minimum absolute atomic E-state index is 0.146. The summed E-state index contributed by atoms with van der Waals surface area (Å²) in [6.07, 6.45) is 1.66. The highest BCUT2D eigenvalue weighted by Gasteiger charge is 2.24. The van der Waals surface area contributed by atoms with Gasteiger partial charge in [0.1, 0.15) is 0 Å². The van der Waals surface area contributed by atoms with Crippen LogP contribution in [0.3, 0.4) is 0 Å². The number of carboxylic acid groups (broad SMARTS) is 1. The van der Waals surface area contributed by atoms with E-state index in [4.69, 9.17) is 26.2 Å². The lowest BCUT2D eigenvalue weighted by Crippen LogP contribution is -2.19. The molecule has 1 fully saturated rings. The topological polar surface area (TPSA) is 97.2 Å². The minimum Gasteiger partial charge on any atom is -0.490 e. The smallest absolute Gasteiger partial charge is 0.341 e. The van der Waals surface area contributed by atoms with Crippen molar-refractivity contribution < 1.29 is 24.2 Å². The average Bonchev–Trinajstić information content (AvgIpc) is 3.02. The van der Waals surface area contributed by atoms with Crippen LogP contribution in [0.2, 0.25) is 5.02 Å². The molecule has 0 unspecified atom stereocenters. The van der Waals surface area contributed by atoms with Gasteiger partial charge in [-0.05, 0) is 61.5 Å². The van der Waals surface area contributed by atoms with E-state index in [0.717, 1.165) is 11.3 Å². The van der Waals surface area contributed by atoms with Gasteiger partial charge in [-0.3, -0.25) is 4.79 Å². The van der Waals surface area contributed by atoms with Gasteiger partial charge in [-0.15, -0.1) is 0 Å². The molecule has 0 aliphatic carbocycles. The zero-order valence-electron chi connectivity index (χ0n) is 16.3. The van der Waals surface area contributed by atoms with Gasteiger partial charge in [0, 0.05) is 0 Å². The molecule has 2 aromatic carbocycles. The van der Waals surface area contributed by atoms with Gasteiger partial charge in [0.05, 0.1) is 22.2 Å². The molecule has 2 aromatic rings. The van der Waals surface area contributed by atoms with Crippen LogP contribution in [0.25, 0.3) is 6.08 Å². The van der Waals surface area contributed by atoms with Gasteiger partial charge in [0.25, 0.3) is 5.91 Å². The van der Waals surface area contributed by atoms with Crippen molar-refractivity contribution in [2.75, 3.05) is 13.2 Å². The highest BCUT2D eigenvalue weighted by molar-refractivity contribution is 8.18. The number of benzene rings is 2. The van der Waals surface area contributed by atoms with Crippen molar-refractivity contribution in [3.8, 4) is 11.5 Å². The summed E-state index contributed by atoms with van der Waals surface area (Å²) in [4.78, 5) is 28.0. The minimum atomic E-state index is -1.13. The number of aryl methyl sites for hydroxylation is 1. The highest BCUT2D eigenvalue weighted by Crippen LogP contribution is 2.38. The van der Waals surface area contributed by atoms with Crippen molar-refractivity contribution in [2.45, 2.75) is 13.8 Å². The maximum Gasteiger partial charge on any atom is 0.341 e. The molecule has 1 amide bonds. The maximum atomic E-state index is 12.3. The van der Waals surface area contributed by atoms with E-state index in [1.807, 2.05) is 31.2 Å². The molecule has 0 saturated carbocycles. The predicted octanol–water partition coefficient (Wildman–Crippen LogP) is 4.40. The number of aliphatic imine (C=N–C) groups is 1. The molecule has 156 valence electrons. The Balaban J connectivity index is 1.85.